The van der Waals surface area contributed by atoms with Crippen LogP contribution in [0.3, 0.4) is 0 Å². The molecule has 0 amide bonds. The first kappa shape index (κ1) is 8.10. The summed E-state index contributed by atoms with van der Waals surface area (Å²) in [6.07, 6.45) is 3.16. The van der Waals surface area contributed by atoms with Crippen LogP contribution in [-0.2, 0) is 9.59 Å². The van der Waals surface area contributed by atoms with Crippen LogP contribution < -0.4 is 5.11 Å². The first-order chi connectivity index (χ1) is 5.65. The Morgan fingerprint density at radius 3 is 2.67 bits per heavy atom. The van der Waals surface area contributed by atoms with Crippen LogP contribution in [0.15, 0.2) is 23.8 Å². The van der Waals surface area contributed by atoms with E-state index >= 15 is 0 Å². The van der Waals surface area contributed by atoms with Gasteiger partial charge in [0.05, 0.1) is 16.3 Å². The van der Waals surface area contributed by atoms with Crippen LogP contribution in [0.1, 0.15) is 0 Å². The van der Waals surface area contributed by atoms with Crippen molar-refractivity contribution in [2.75, 3.05) is 0 Å². The maximum Gasteiger partial charge on any atom is 0.412 e. The van der Waals surface area contributed by atoms with Gasteiger partial charge in [0.15, 0.2) is 0 Å². The molecular formula is C7H4N2O3. The molecular weight excluding hydrogens is 160 g/mol. The molecule has 12 heavy (non-hydrogen) atoms. The lowest BCUT2D eigenvalue weighted by Crippen LogP contribution is -2.27. The van der Waals surface area contributed by atoms with E-state index in [0.29, 0.717) is 0 Å². The molecule has 1 aliphatic carbocycles. The molecule has 0 saturated carbocycles. The largest absolute Gasteiger partial charge is 0.545 e. The number of carbonyl (C=O) groups is 2. The molecule has 0 spiro atoms. The minimum atomic E-state index is -1.39. The van der Waals surface area contributed by atoms with Crippen LogP contribution in [0.2, 0.25) is 0 Å². The number of carbonyl (C=O) groups excluding carboxylic acids is 2. The van der Waals surface area contributed by atoms with Gasteiger partial charge >= 0.3 is 5.71 Å². The van der Waals surface area contributed by atoms with Crippen molar-refractivity contribution in [1.82, 2.24) is 0 Å². The number of hydrogen-bond acceptors (Lipinski definition) is 4. The van der Waals surface area contributed by atoms with Crippen molar-refractivity contribution < 1.29 is 19.5 Å². The number of hydrogen-bond donors (Lipinski definition) is 1. The molecule has 0 aromatic heterocycles. The third-order valence-electron chi connectivity index (χ3n) is 1.32. The topological polar surface area (TPSA) is 95.2 Å². The molecule has 0 unspecified atom stereocenters. The maximum absolute atomic E-state index is 10.8. The minimum Gasteiger partial charge on any atom is -0.545 e. The van der Waals surface area contributed by atoms with Crippen molar-refractivity contribution >= 4 is 17.5 Å². The Labute approximate surface area is 67.2 Å². The first-order valence-electron chi connectivity index (χ1n) is 3.05. The van der Waals surface area contributed by atoms with E-state index in [9.17, 15) is 14.7 Å². The number of allylic oxidation sites excluding steroid dienone is 2. The van der Waals surface area contributed by atoms with Crippen LogP contribution >= 0.6 is 0 Å². The lowest BCUT2D eigenvalue weighted by Gasteiger charge is -2.02. The van der Waals surface area contributed by atoms with E-state index in [-0.39, 0.29) is 11.3 Å². The van der Waals surface area contributed by atoms with Gasteiger partial charge in [-0.2, -0.15) is 0 Å². The molecule has 0 radical (unpaired) electrons. The van der Waals surface area contributed by atoms with Crippen molar-refractivity contribution in [3.05, 3.63) is 23.8 Å². The molecule has 0 aliphatic heterocycles. The van der Waals surface area contributed by atoms with Gasteiger partial charge in [-0.05, 0) is 12.2 Å². The van der Waals surface area contributed by atoms with Crippen molar-refractivity contribution in [2.24, 2.45) is 0 Å². The normalized spacial score (nSPS) is 15.5. The summed E-state index contributed by atoms with van der Waals surface area (Å²) >= 11 is 0. The second kappa shape index (κ2) is 2.94. The summed E-state index contributed by atoms with van der Waals surface area (Å²) in [7, 11) is 0. The number of nitrogens with one attached hydrogen (secondary N) is 1. The van der Waals surface area contributed by atoms with E-state index in [1.807, 2.05) is 0 Å². The Morgan fingerprint density at radius 2 is 2.17 bits per heavy atom. The van der Waals surface area contributed by atoms with Crippen LogP contribution in [0.4, 0.5) is 0 Å². The maximum atomic E-state index is 10.8. The molecule has 0 aromatic carbocycles. The zero-order valence-corrected chi connectivity index (χ0v) is 5.90. The molecule has 5 nitrogen and oxygen atoms in total. The lowest BCUT2D eigenvalue weighted by atomic mass is 10.1. The minimum absolute atomic E-state index is 0.152. The number of carboxylic acids is 1. The molecule has 1 rings (SSSR count). The van der Waals surface area contributed by atoms with Gasteiger partial charge in [-0.25, -0.2) is 0 Å². The lowest BCUT2D eigenvalue weighted by molar-refractivity contribution is -0.298. The van der Waals surface area contributed by atoms with E-state index < -0.39 is 11.8 Å². The van der Waals surface area contributed by atoms with E-state index in [4.69, 9.17) is 5.53 Å². The first-order valence-corrected chi connectivity index (χ1v) is 3.05. The van der Waals surface area contributed by atoms with Gasteiger partial charge < -0.3 is 9.90 Å². The van der Waals surface area contributed by atoms with E-state index in [1.165, 1.54) is 0 Å². The highest BCUT2D eigenvalue weighted by atomic mass is 16.4. The number of aliphatic carboxylic acids is 1. The molecule has 0 fully saturated rings. The average Bonchev–Trinajstić information content (AvgIpc) is 2.05. The molecule has 0 aromatic rings. The summed E-state index contributed by atoms with van der Waals surface area (Å²) in [5, 5.41) is 10.3. The molecule has 0 atom stereocenters. The summed E-state index contributed by atoms with van der Waals surface area (Å²) in [4.78, 5) is 23.9. The molecule has 5 heteroatoms. The molecule has 60 valence electrons. The fourth-order valence-corrected chi connectivity index (χ4v) is 0.732. The van der Waals surface area contributed by atoms with Gasteiger partial charge in [-0.15, -0.1) is 0 Å². The highest BCUT2D eigenvalue weighted by molar-refractivity contribution is 6.47. The Morgan fingerprint density at radius 1 is 1.50 bits per heavy atom. The van der Waals surface area contributed by atoms with Crippen molar-refractivity contribution in [1.29, 1.82) is 5.53 Å². The zero-order chi connectivity index (χ0) is 9.14. The highest BCUT2D eigenvalue weighted by Gasteiger charge is 2.21. The third kappa shape index (κ3) is 1.36. The molecule has 0 saturated heterocycles. The summed E-state index contributed by atoms with van der Waals surface area (Å²) in [6, 6.07) is 0. The monoisotopic (exact) mass is 164 g/mol. The van der Waals surface area contributed by atoms with Crippen LogP contribution in [0.25, 0.3) is 0 Å². The van der Waals surface area contributed by atoms with Gasteiger partial charge in [0.2, 0.25) is 0 Å². The van der Waals surface area contributed by atoms with Crippen molar-refractivity contribution in [2.45, 2.75) is 0 Å². The molecule has 0 heterocycles. The second-order valence-electron chi connectivity index (χ2n) is 2.08. The SMILES string of the molecule is N=[N+]=C1C=C(C(=O)[O-])C=CC1=O. The molecule has 0 bridgehead atoms. The summed E-state index contributed by atoms with van der Waals surface area (Å²) in [6.45, 7) is 0. The van der Waals surface area contributed by atoms with E-state index in [1.54, 1.807) is 0 Å². The fourth-order valence-electron chi connectivity index (χ4n) is 0.732. The second-order valence-corrected chi connectivity index (χ2v) is 2.08. The standard InChI is InChI=1S/C7H4N2O3/c8-9-5-3-4(7(11)12)1-2-6(5)10/h1-3,8H. The summed E-state index contributed by atoms with van der Waals surface area (Å²) in [5.74, 6) is -1.87. The van der Waals surface area contributed by atoms with Crippen LogP contribution in [0, 0.1) is 5.53 Å². The van der Waals surface area contributed by atoms with Gasteiger partial charge in [-0.3, -0.25) is 4.79 Å². The highest BCUT2D eigenvalue weighted by Crippen LogP contribution is 2.02. The Hall–Kier alpha value is -2.00. The quantitative estimate of drug-likeness (QED) is 0.289. The zero-order valence-electron chi connectivity index (χ0n) is 5.90. The summed E-state index contributed by atoms with van der Waals surface area (Å²) in [5.41, 5.74) is 6.18. The Bertz CT molecular complexity index is 359. The number of ketones is 1. The van der Waals surface area contributed by atoms with Crippen LogP contribution in [-0.4, -0.2) is 22.3 Å². The van der Waals surface area contributed by atoms with E-state index in [2.05, 4.69) is 4.79 Å². The van der Waals surface area contributed by atoms with Gasteiger partial charge in [0.25, 0.3) is 5.78 Å². The van der Waals surface area contributed by atoms with Crippen molar-refractivity contribution in [3.8, 4) is 0 Å². The fraction of sp³-hybridized carbons (Fsp3) is 0. The van der Waals surface area contributed by atoms with Gasteiger partial charge in [0, 0.05) is 11.6 Å². The number of carboxylic acid groups (broad SMARTS) is 1. The average molecular weight is 164 g/mol. The Balaban J connectivity index is 3.13. The van der Waals surface area contributed by atoms with Gasteiger partial charge in [0.1, 0.15) is 0 Å². The molecule has 1 N–H and O–H groups in total. The number of rotatable bonds is 1. The third-order valence-corrected chi connectivity index (χ3v) is 1.32. The number of nitrogens with zero attached hydrogens (tertiary/aromatic N) is 1. The predicted octanol–water partition coefficient (Wildman–Crippen LogP) is -1.52. The Kier molecular flexibility index (Phi) is 1.98. The summed E-state index contributed by atoms with van der Waals surface area (Å²) < 4.78 is 0. The van der Waals surface area contributed by atoms with E-state index in [0.717, 1.165) is 18.2 Å². The molecule has 1 aliphatic rings. The smallest absolute Gasteiger partial charge is 0.412 e. The van der Waals surface area contributed by atoms with Crippen molar-refractivity contribution in [3.63, 3.8) is 0 Å². The van der Waals surface area contributed by atoms with Crippen LogP contribution in [0.5, 0.6) is 0 Å². The predicted molar refractivity (Wildman–Crippen MR) is 35.2 cm³/mol. The van der Waals surface area contributed by atoms with Gasteiger partial charge in [-0.1, -0.05) is 0 Å².